The lowest BCUT2D eigenvalue weighted by Crippen LogP contribution is -2.19. The van der Waals surface area contributed by atoms with Crippen LogP contribution in [0.2, 0.25) is 0 Å². The van der Waals surface area contributed by atoms with Crippen LogP contribution < -0.4 is 0 Å². The second-order valence-corrected chi connectivity index (χ2v) is 9.29. The van der Waals surface area contributed by atoms with Crippen LogP contribution >= 0.6 is 0 Å². The fourth-order valence-electron chi connectivity index (χ4n) is 5.52. The van der Waals surface area contributed by atoms with E-state index in [2.05, 4.69) is 31.1 Å². The maximum atomic E-state index is 10.5. The number of nitrogens with zero attached hydrogens (tertiary/aromatic N) is 1. The van der Waals surface area contributed by atoms with Crippen molar-refractivity contribution in [2.24, 2.45) is 23.7 Å². The molecule has 3 heteroatoms. The molecule has 0 radical (unpaired) electrons. The quantitative estimate of drug-likeness (QED) is 0.504. The average molecular weight is 362 g/mol. The number of fused-ring (bicyclic) bond motifs is 1. The van der Waals surface area contributed by atoms with Gasteiger partial charge in [0.05, 0.1) is 12.2 Å². The van der Waals surface area contributed by atoms with E-state index in [0.29, 0.717) is 17.8 Å². The van der Waals surface area contributed by atoms with Gasteiger partial charge in [-0.1, -0.05) is 36.6 Å². The van der Waals surface area contributed by atoms with E-state index < -0.39 is 0 Å². The molecule has 3 saturated carbocycles. The molecule has 0 bridgehead atoms. The van der Waals surface area contributed by atoms with E-state index in [4.69, 9.17) is 0 Å². The first-order chi connectivity index (χ1) is 12.5. The number of unbranched alkanes of at least 4 members (excludes halogenated alkanes) is 2. The van der Waals surface area contributed by atoms with Gasteiger partial charge >= 0.3 is 0 Å². The number of hydrogen-bond donors (Lipinski definition) is 2. The highest BCUT2D eigenvalue weighted by Crippen LogP contribution is 2.50. The number of hydrogen-bond acceptors (Lipinski definition) is 3. The van der Waals surface area contributed by atoms with Gasteiger partial charge in [0.25, 0.3) is 0 Å². The van der Waals surface area contributed by atoms with Crippen molar-refractivity contribution in [1.82, 2.24) is 4.90 Å². The van der Waals surface area contributed by atoms with Gasteiger partial charge in [-0.3, -0.25) is 0 Å². The van der Waals surface area contributed by atoms with Crippen LogP contribution in [0, 0.1) is 23.7 Å². The Kier molecular flexibility index (Phi) is 7.36. The SMILES string of the molecule is CN(C)CCCCC=C1C[C@H]2C[C@@H](O)[C@H](C=C[C@@H](O)C3CCCC3)[C@H]2C1. The molecule has 3 aliphatic carbocycles. The lowest BCUT2D eigenvalue weighted by atomic mass is 9.89. The van der Waals surface area contributed by atoms with E-state index in [9.17, 15) is 10.2 Å². The summed E-state index contributed by atoms with van der Waals surface area (Å²) in [4.78, 5) is 2.26. The molecule has 0 aromatic carbocycles. The fourth-order valence-corrected chi connectivity index (χ4v) is 5.52. The smallest absolute Gasteiger partial charge is 0.0749 e. The number of aliphatic hydroxyl groups is 2. The molecule has 0 heterocycles. The Morgan fingerprint density at radius 2 is 1.92 bits per heavy atom. The Morgan fingerprint density at radius 1 is 1.15 bits per heavy atom. The Morgan fingerprint density at radius 3 is 2.65 bits per heavy atom. The lowest BCUT2D eigenvalue weighted by molar-refractivity contribution is 0.135. The fraction of sp³-hybridized carbons (Fsp3) is 0.826. The van der Waals surface area contributed by atoms with Gasteiger partial charge in [-0.05, 0) is 89.8 Å². The molecule has 3 rings (SSSR count). The van der Waals surface area contributed by atoms with Crippen LogP contribution in [0.25, 0.3) is 0 Å². The second kappa shape index (κ2) is 9.52. The van der Waals surface area contributed by atoms with Gasteiger partial charge in [-0.25, -0.2) is 0 Å². The molecule has 0 aromatic heterocycles. The molecule has 3 nitrogen and oxygen atoms in total. The molecule has 0 saturated heterocycles. The third-order valence-electron chi connectivity index (χ3n) is 7.02. The molecule has 26 heavy (non-hydrogen) atoms. The van der Waals surface area contributed by atoms with Crippen LogP contribution in [0.15, 0.2) is 23.8 Å². The van der Waals surface area contributed by atoms with E-state index in [1.807, 2.05) is 6.08 Å². The summed E-state index contributed by atoms with van der Waals surface area (Å²) in [5.74, 6) is 1.93. The first-order valence-corrected chi connectivity index (χ1v) is 10.9. The highest BCUT2D eigenvalue weighted by atomic mass is 16.3. The zero-order chi connectivity index (χ0) is 18.5. The zero-order valence-electron chi connectivity index (χ0n) is 16.8. The van der Waals surface area contributed by atoms with Gasteiger partial charge in [-0.2, -0.15) is 0 Å². The van der Waals surface area contributed by atoms with Crippen molar-refractivity contribution in [3.63, 3.8) is 0 Å². The summed E-state index contributed by atoms with van der Waals surface area (Å²) >= 11 is 0. The van der Waals surface area contributed by atoms with Crippen LogP contribution in [0.3, 0.4) is 0 Å². The molecule has 5 atom stereocenters. The minimum atomic E-state index is -0.308. The van der Waals surface area contributed by atoms with Crippen molar-refractivity contribution in [2.45, 2.75) is 76.4 Å². The summed E-state index contributed by atoms with van der Waals surface area (Å²) in [6.07, 6.45) is 18.0. The van der Waals surface area contributed by atoms with Crippen molar-refractivity contribution in [3.8, 4) is 0 Å². The van der Waals surface area contributed by atoms with Crippen molar-refractivity contribution < 1.29 is 10.2 Å². The Bertz CT molecular complexity index is 492. The minimum absolute atomic E-state index is 0.210. The van der Waals surface area contributed by atoms with Crippen molar-refractivity contribution in [3.05, 3.63) is 23.8 Å². The number of rotatable bonds is 8. The van der Waals surface area contributed by atoms with Gasteiger partial charge in [0.1, 0.15) is 0 Å². The molecule has 0 aliphatic heterocycles. The molecule has 0 amide bonds. The van der Waals surface area contributed by atoms with E-state index in [1.165, 1.54) is 45.1 Å². The highest BCUT2D eigenvalue weighted by Gasteiger charge is 2.45. The molecular weight excluding hydrogens is 322 g/mol. The van der Waals surface area contributed by atoms with E-state index in [1.54, 1.807) is 5.57 Å². The van der Waals surface area contributed by atoms with Crippen LogP contribution in [0.4, 0.5) is 0 Å². The van der Waals surface area contributed by atoms with Crippen molar-refractivity contribution in [2.75, 3.05) is 20.6 Å². The molecule has 148 valence electrons. The minimum Gasteiger partial charge on any atom is -0.392 e. The van der Waals surface area contributed by atoms with Gasteiger partial charge in [0.2, 0.25) is 0 Å². The van der Waals surface area contributed by atoms with E-state index >= 15 is 0 Å². The molecule has 0 spiro atoms. The standard InChI is InChI=1S/C23H39NO2/c1-24(2)13-7-3-4-8-17-14-19-16-23(26)20(21(19)15-17)11-12-22(25)18-9-5-6-10-18/h8,11-12,18-23,25-26H,3-7,9-10,13-16H2,1-2H3/t19-,20+,21-,22+,23+/m0/s1. The Labute approximate surface area is 160 Å². The lowest BCUT2D eigenvalue weighted by Gasteiger charge is -2.19. The summed E-state index contributed by atoms with van der Waals surface area (Å²) in [6, 6.07) is 0. The normalized spacial score (nSPS) is 35.2. The monoisotopic (exact) mass is 361 g/mol. The zero-order valence-corrected chi connectivity index (χ0v) is 16.8. The summed E-state index contributed by atoms with van der Waals surface area (Å²) < 4.78 is 0. The molecule has 0 aromatic rings. The predicted octanol–water partition coefficient (Wildman–Crippen LogP) is 4.16. The number of allylic oxidation sites excluding steroid dienone is 2. The number of aliphatic hydroxyl groups excluding tert-OH is 2. The molecule has 3 aliphatic rings. The maximum absolute atomic E-state index is 10.5. The highest BCUT2D eigenvalue weighted by molar-refractivity contribution is 5.18. The maximum Gasteiger partial charge on any atom is 0.0749 e. The van der Waals surface area contributed by atoms with Crippen LogP contribution in [-0.2, 0) is 0 Å². The van der Waals surface area contributed by atoms with Gasteiger partial charge < -0.3 is 15.1 Å². The van der Waals surface area contributed by atoms with E-state index in [-0.39, 0.29) is 18.1 Å². The predicted molar refractivity (Wildman–Crippen MR) is 108 cm³/mol. The summed E-state index contributed by atoms with van der Waals surface area (Å²) in [7, 11) is 4.28. The third kappa shape index (κ3) is 5.21. The third-order valence-corrected chi connectivity index (χ3v) is 7.02. The molecule has 3 fully saturated rings. The summed E-state index contributed by atoms with van der Waals surface area (Å²) in [6.45, 7) is 1.18. The topological polar surface area (TPSA) is 43.7 Å². The second-order valence-electron chi connectivity index (χ2n) is 9.29. The summed E-state index contributed by atoms with van der Waals surface area (Å²) in [5, 5.41) is 20.9. The van der Waals surface area contributed by atoms with Gasteiger partial charge in [0, 0.05) is 5.92 Å². The van der Waals surface area contributed by atoms with Gasteiger partial charge in [0.15, 0.2) is 0 Å². The Balaban J connectivity index is 1.48. The van der Waals surface area contributed by atoms with Crippen molar-refractivity contribution in [1.29, 1.82) is 0 Å². The van der Waals surface area contributed by atoms with Crippen molar-refractivity contribution >= 4 is 0 Å². The molecule has 0 unspecified atom stereocenters. The molecular formula is C23H39NO2. The van der Waals surface area contributed by atoms with Crippen LogP contribution in [0.1, 0.15) is 64.2 Å². The average Bonchev–Trinajstić information content (AvgIpc) is 3.29. The summed E-state index contributed by atoms with van der Waals surface area (Å²) in [5.41, 5.74) is 1.62. The molecule has 2 N–H and O–H groups in total. The largest absolute Gasteiger partial charge is 0.392 e. The van der Waals surface area contributed by atoms with Gasteiger partial charge in [-0.15, -0.1) is 0 Å². The van der Waals surface area contributed by atoms with E-state index in [0.717, 1.165) is 25.7 Å². The van der Waals surface area contributed by atoms with Crippen LogP contribution in [0.5, 0.6) is 0 Å². The van der Waals surface area contributed by atoms with Crippen LogP contribution in [-0.4, -0.2) is 48.0 Å². The first kappa shape index (κ1) is 20.1. The Hall–Kier alpha value is -0.640. The first-order valence-electron chi connectivity index (χ1n) is 10.9.